The van der Waals surface area contributed by atoms with Gasteiger partial charge in [0.05, 0.1) is 11.1 Å². The number of hydrogen-bond donors (Lipinski definition) is 5. The summed E-state index contributed by atoms with van der Waals surface area (Å²) in [5, 5.41) is 20.1. The molecule has 0 spiro atoms. The first-order chi connectivity index (χ1) is 22.9. The normalized spacial score (nSPS) is 11.0. The van der Waals surface area contributed by atoms with Crippen LogP contribution in [0.1, 0.15) is 10.5 Å². The molecule has 0 radical (unpaired) electrons. The average molecular weight is 704 g/mol. The smallest absolute Gasteiger partial charge is 0.475 e. The molecule has 258 valence electrons. The van der Waals surface area contributed by atoms with Crippen molar-refractivity contribution in [3.63, 3.8) is 0 Å². The molecular weight excluding hydrogens is 687 g/mol. The lowest BCUT2D eigenvalue weighted by atomic mass is 10.2. The van der Waals surface area contributed by atoms with E-state index in [0.29, 0.717) is 22.8 Å². The van der Waals surface area contributed by atoms with Crippen molar-refractivity contribution in [2.24, 2.45) is 0 Å². The van der Waals surface area contributed by atoms with Gasteiger partial charge in [-0.1, -0.05) is 0 Å². The zero-order valence-electron chi connectivity index (χ0n) is 23.7. The van der Waals surface area contributed by atoms with E-state index >= 15 is 0 Å². The van der Waals surface area contributed by atoms with E-state index in [-0.39, 0.29) is 28.6 Å². The molecule has 0 saturated heterocycles. The predicted octanol–water partition coefficient (Wildman–Crippen LogP) is 6.83. The number of pyridine rings is 1. The second-order valence-corrected chi connectivity index (χ2v) is 8.86. The number of carbonyl (C=O) groups is 3. The van der Waals surface area contributed by atoms with Crippen molar-refractivity contribution in [1.29, 1.82) is 0 Å². The van der Waals surface area contributed by atoms with Crippen LogP contribution in [0.5, 0.6) is 11.5 Å². The second kappa shape index (κ2) is 15.5. The SMILES string of the molecule is O=C(Nc1ccc(F)cc1F)c1nccnc1Nc1ccc(Oc2ccnc3[nH]ccc23)c(F)c1.O=C(O)C(F)(F)F.O=C(O)C(F)(F)F. The first-order valence-corrected chi connectivity index (χ1v) is 12.7. The van der Waals surface area contributed by atoms with Crippen molar-refractivity contribution in [3.8, 4) is 11.5 Å². The van der Waals surface area contributed by atoms with Gasteiger partial charge in [-0.05, 0) is 36.4 Å². The number of carboxylic acid groups (broad SMARTS) is 2. The van der Waals surface area contributed by atoms with E-state index in [1.165, 1.54) is 30.6 Å². The fourth-order valence-corrected chi connectivity index (χ4v) is 3.31. The summed E-state index contributed by atoms with van der Waals surface area (Å²) in [5.41, 5.74) is 0.464. The third kappa shape index (κ3) is 10.6. The molecule has 0 aliphatic heterocycles. The number of aromatic amines is 1. The van der Waals surface area contributed by atoms with Gasteiger partial charge in [-0.15, -0.1) is 0 Å². The molecule has 3 heterocycles. The molecule has 5 rings (SSSR count). The monoisotopic (exact) mass is 704 g/mol. The highest BCUT2D eigenvalue weighted by Crippen LogP contribution is 2.32. The number of nitrogens with one attached hydrogen (secondary N) is 3. The predicted molar refractivity (Wildman–Crippen MR) is 150 cm³/mol. The van der Waals surface area contributed by atoms with Crippen LogP contribution in [0, 0.1) is 17.5 Å². The van der Waals surface area contributed by atoms with Crippen LogP contribution >= 0.6 is 0 Å². The van der Waals surface area contributed by atoms with Crippen LogP contribution in [0.4, 0.5) is 56.7 Å². The summed E-state index contributed by atoms with van der Waals surface area (Å²) in [6.07, 6.45) is -4.32. The van der Waals surface area contributed by atoms with Gasteiger partial charge >= 0.3 is 24.3 Å². The molecule has 0 fully saturated rings. The van der Waals surface area contributed by atoms with E-state index in [0.717, 1.165) is 12.1 Å². The Morgan fingerprint density at radius 1 is 0.735 bits per heavy atom. The largest absolute Gasteiger partial charge is 0.490 e. The van der Waals surface area contributed by atoms with Gasteiger partial charge in [-0.2, -0.15) is 26.3 Å². The van der Waals surface area contributed by atoms with Gasteiger partial charge in [0.2, 0.25) is 0 Å². The van der Waals surface area contributed by atoms with E-state index < -0.39 is 47.7 Å². The van der Waals surface area contributed by atoms with Crippen LogP contribution < -0.4 is 15.4 Å². The van der Waals surface area contributed by atoms with Crippen LogP contribution in [-0.2, 0) is 9.59 Å². The quantitative estimate of drug-likeness (QED) is 0.118. The van der Waals surface area contributed by atoms with Gasteiger partial charge in [0.15, 0.2) is 23.1 Å². The van der Waals surface area contributed by atoms with Crippen molar-refractivity contribution in [2.75, 3.05) is 10.6 Å². The number of alkyl halides is 6. The highest BCUT2D eigenvalue weighted by molar-refractivity contribution is 6.06. The Bertz CT molecular complexity index is 1940. The Morgan fingerprint density at radius 2 is 1.37 bits per heavy atom. The van der Waals surface area contributed by atoms with Crippen molar-refractivity contribution in [3.05, 3.63) is 96.5 Å². The minimum absolute atomic E-state index is 0.00348. The number of aliphatic carboxylic acids is 2. The van der Waals surface area contributed by atoms with Crippen LogP contribution in [0.15, 0.2) is 73.3 Å². The molecule has 5 aromatic rings. The van der Waals surface area contributed by atoms with Crippen LogP contribution in [0.2, 0.25) is 0 Å². The minimum Gasteiger partial charge on any atom is -0.475 e. The number of halogens is 9. The van der Waals surface area contributed by atoms with E-state index in [1.807, 2.05) is 0 Å². The van der Waals surface area contributed by atoms with E-state index in [1.54, 1.807) is 24.5 Å². The number of fused-ring (bicyclic) bond motifs is 1. The van der Waals surface area contributed by atoms with Gasteiger partial charge < -0.3 is 30.6 Å². The molecule has 12 nitrogen and oxygen atoms in total. The summed E-state index contributed by atoms with van der Waals surface area (Å²) >= 11 is 0. The standard InChI is InChI=1S/C24H15F3N6O2.2C2HF3O2/c25-13-1-3-18(16(26)11-13)33-24(34)21-23(31-10-9-28-21)32-14-2-4-20(17(27)12-14)35-19-6-8-30-22-15(19)5-7-29-22;2*3-2(4,5)1(6)7/h1-12H,(H,29,30)(H,31,32)(H,33,34);2*(H,6,7). The number of nitrogens with zero attached hydrogens (tertiary/aromatic N) is 3. The Labute approximate surface area is 266 Å². The number of carbonyl (C=O) groups excluding carboxylic acids is 1. The van der Waals surface area contributed by atoms with Gasteiger partial charge in [0, 0.05) is 42.6 Å². The fraction of sp³-hybridized carbons (Fsp3) is 0.0714. The lowest BCUT2D eigenvalue weighted by Gasteiger charge is -2.12. The number of hydrogen-bond acceptors (Lipinski definition) is 8. The molecule has 2 aromatic carbocycles. The molecule has 3 aromatic heterocycles. The topological polar surface area (TPSA) is 179 Å². The van der Waals surface area contributed by atoms with Gasteiger partial charge in [0.1, 0.15) is 23.0 Å². The van der Waals surface area contributed by atoms with Crippen molar-refractivity contribution in [2.45, 2.75) is 12.4 Å². The lowest BCUT2D eigenvalue weighted by Crippen LogP contribution is -2.21. The van der Waals surface area contributed by atoms with E-state index in [4.69, 9.17) is 24.5 Å². The van der Waals surface area contributed by atoms with Crippen molar-refractivity contribution in [1.82, 2.24) is 19.9 Å². The Morgan fingerprint density at radius 3 is 1.96 bits per heavy atom. The molecule has 0 unspecified atom stereocenters. The zero-order valence-corrected chi connectivity index (χ0v) is 23.7. The summed E-state index contributed by atoms with van der Waals surface area (Å²) in [6.45, 7) is 0. The second-order valence-electron chi connectivity index (χ2n) is 8.86. The molecule has 0 aliphatic carbocycles. The maximum absolute atomic E-state index is 14.8. The number of ether oxygens (including phenoxy) is 1. The summed E-state index contributed by atoms with van der Waals surface area (Å²) < 4.78 is 111. The first-order valence-electron chi connectivity index (χ1n) is 12.7. The summed E-state index contributed by atoms with van der Waals surface area (Å²) in [6, 6.07) is 10.2. The van der Waals surface area contributed by atoms with Gasteiger partial charge in [-0.25, -0.2) is 37.7 Å². The highest BCUT2D eigenvalue weighted by atomic mass is 19.4. The average Bonchev–Trinajstić information content (AvgIpc) is 3.50. The number of anilines is 3. The lowest BCUT2D eigenvalue weighted by molar-refractivity contribution is -0.193. The molecule has 0 aliphatic rings. The number of rotatable bonds is 6. The maximum atomic E-state index is 14.8. The number of H-pyrrole nitrogens is 1. The molecule has 1 amide bonds. The summed E-state index contributed by atoms with van der Waals surface area (Å²) in [5.74, 6) is -8.29. The van der Waals surface area contributed by atoms with Gasteiger partial charge in [-0.3, -0.25) is 4.79 Å². The third-order valence-corrected chi connectivity index (χ3v) is 5.41. The highest BCUT2D eigenvalue weighted by Gasteiger charge is 2.38. The fourth-order valence-electron chi connectivity index (χ4n) is 3.31. The molecular formula is C28H17F9N6O6. The molecule has 5 N–H and O–H groups in total. The Hall–Kier alpha value is -6.41. The minimum atomic E-state index is -5.08. The summed E-state index contributed by atoms with van der Waals surface area (Å²) in [7, 11) is 0. The number of carboxylic acids is 2. The number of benzene rings is 2. The maximum Gasteiger partial charge on any atom is 0.490 e. The van der Waals surface area contributed by atoms with Crippen LogP contribution in [0.3, 0.4) is 0 Å². The molecule has 0 atom stereocenters. The molecule has 0 saturated carbocycles. The Balaban J connectivity index is 0.000000392. The molecule has 49 heavy (non-hydrogen) atoms. The number of aromatic nitrogens is 4. The van der Waals surface area contributed by atoms with Crippen LogP contribution in [0.25, 0.3) is 11.0 Å². The van der Waals surface area contributed by atoms with Gasteiger partial charge in [0.25, 0.3) is 5.91 Å². The van der Waals surface area contributed by atoms with E-state index in [9.17, 15) is 44.3 Å². The Kier molecular flexibility index (Phi) is 11.7. The molecule has 21 heteroatoms. The number of amides is 1. The van der Waals surface area contributed by atoms with Crippen molar-refractivity contribution >= 4 is 46.1 Å². The van der Waals surface area contributed by atoms with E-state index in [2.05, 4.69) is 30.6 Å². The molecule has 0 bridgehead atoms. The third-order valence-electron chi connectivity index (χ3n) is 5.41. The van der Waals surface area contributed by atoms with Crippen LogP contribution in [-0.4, -0.2) is 60.3 Å². The zero-order chi connectivity index (χ0) is 36.5. The summed E-state index contributed by atoms with van der Waals surface area (Å²) in [4.78, 5) is 45.6. The van der Waals surface area contributed by atoms with Crippen molar-refractivity contribution < 1.29 is 68.8 Å². The first kappa shape index (κ1) is 37.1.